The quantitative estimate of drug-likeness (QED) is 0.495. The molecule has 194 valence electrons. The average molecular weight is 512 g/mol. The molecule has 5 rings (SSSR count). The number of hydrogen-bond donors (Lipinski definition) is 2. The van der Waals surface area contributed by atoms with Crippen molar-refractivity contribution >= 4 is 28.5 Å². The summed E-state index contributed by atoms with van der Waals surface area (Å²) in [5.74, 6) is -2.53. The second-order valence-corrected chi connectivity index (χ2v) is 9.30. The average Bonchev–Trinajstić information content (AvgIpc) is 3.71. The second kappa shape index (κ2) is 8.95. The van der Waals surface area contributed by atoms with Crippen LogP contribution in [0, 0.1) is 12.7 Å². The first kappa shape index (κ1) is 24.3. The Morgan fingerprint density at radius 3 is 2.35 bits per heavy atom. The summed E-state index contributed by atoms with van der Waals surface area (Å²) in [6.07, 6.45) is 2.88. The van der Waals surface area contributed by atoms with Gasteiger partial charge in [-0.2, -0.15) is 0 Å². The number of pyridine rings is 2. The van der Waals surface area contributed by atoms with E-state index in [1.165, 1.54) is 30.3 Å². The van der Waals surface area contributed by atoms with Crippen molar-refractivity contribution in [3.05, 3.63) is 67.6 Å². The lowest BCUT2D eigenvalue weighted by molar-refractivity contribution is 0.0679. The molecule has 37 heavy (non-hydrogen) atoms. The minimum Gasteiger partial charge on any atom is -0.492 e. The first-order valence-corrected chi connectivity index (χ1v) is 11.8. The molecule has 2 aromatic heterocycles. The number of halogens is 1. The van der Waals surface area contributed by atoms with Crippen molar-refractivity contribution in [3.63, 3.8) is 0 Å². The van der Waals surface area contributed by atoms with Crippen molar-refractivity contribution in [2.45, 2.75) is 25.8 Å². The van der Waals surface area contributed by atoms with Gasteiger partial charge in [-0.3, -0.25) is 14.4 Å². The molecule has 3 aromatic rings. The number of carbonyl (C=O) groups excluding carboxylic acids is 1. The number of rotatable bonds is 5. The second-order valence-electron chi connectivity index (χ2n) is 9.30. The number of piperazine rings is 1. The summed E-state index contributed by atoms with van der Waals surface area (Å²) >= 11 is 0. The fraction of sp³-hybridized carbons (Fsp3) is 0.360. The predicted octanol–water partition coefficient (Wildman–Crippen LogP) is 1.85. The highest BCUT2D eigenvalue weighted by Crippen LogP contribution is 2.43. The van der Waals surface area contributed by atoms with Crippen LogP contribution in [0.5, 0.6) is 5.75 Å². The first-order valence-electron chi connectivity index (χ1n) is 11.8. The lowest BCUT2D eigenvalue weighted by Gasteiger charge is -2.37. The van der Waals surface area contributed by atoms with Crippen LogP contribution in [0.15, 0.2) is 34.0 Å². The third-order valence-corrected chi connectivity index (χ3v) is 6.83. The summed E-state index contributed by atoms with van der Waals surface area (Å²) in [5, 5.41) is 19.4. The van der Waals surface area contributed by atoms with E-state index in [2.05, 4.69) is 0 Å². The molecular formula is C25H25FN4O7. The Kier molecular flexibility index (Phi) is 5.89. The van der Waals surface area contributed by atoms with Crippen molar-refractivity contribution in [1.82, 2.24) is 14.2 Å². The molecule has 0 atom stereocenters. The van der Waals surface area contributed by atoms with Crippen LogP contribution < -0.4 is 20.6 Å². The number of carbonyl (C=O) groups is 2. The molecule has 0 spiro atoms. The maximum Gasteiger partial charge on any atom is 0.341 e. The number of fused-ring (bicyclic) bond motifs is 1. The van der Waals surface area contributed by atoms with Gasteiger partial charge in [0.05, 0.1) is 18.0 Å². The van der Waals surface area contributed by atoms with E-state index < -0.39 is 34.2 Å². The highest BCUT2D eigenvalue weighted by Gasteiger charge is 2.33. The number of hydrogen-bond acceptors (Lipinski definition) is 7. The van der Waals surface area contributed by atoms with Crippen molar-refractivity contribution in [2.75, 3.05) is 38.2 Å². The van der Waals surface area contributed by atoms with E-state index in [-0.39, 0.29) is 54.7 Å². The number of aryl methyl sites for hydroxylation is 1. The Morgan fingerprint density at radius 2 is 1.76 bits per heavy atom. The first-order chi connectivity index (χ1) is 17.6. The molecule has 2 fully saturated rings. The van der Waals surface area contributed by atoms with Gasteiger partial charge in [0.15, 0.2) is 11.6 Å². The van der Waals surface area contributed by atoms with Crippen LogP contribution in [-0.4, -0.2) is 69.7 Å². The van der Waals surface area contributed by atoms with E-state index in [4.69, 9.17) is 4.74 Å². The molecule has 1 aliphatic carbocycles. The monoisotopic (exact) mass is 512 g/mol. The van der Waals surface area contributed by atoms with Gasteiger partial charge >= 0.3 is 5.97 Å². The molecule has 3 heterocycles. The molecule has 2 N–H and O–H groups in total. The molecule has 0 radical (unpaired) electrons. The highest BCUT2D eigenvalue weighted by molar-refractivity contribution is 5.97. The van der Waals surface area contributed by atoms with Crippen molar-refractivity contribution in [1.29, 1.82) is 0 Å². The zero-order valence-corrected chi connectivity index (χ0v) is 20.2. The zero-order valence-electron chi connectivity index (χ0n) is 20.2. The smallest absolute Gasteiger partial charge is 0.341 e. The van der Waals surface area contributed by atoms with Crippen LogP contribution in [0.4, 0.5) is 10.1 Å². The van der Waals surface area contributed by atoms with Gasteiger partial charge in [-0.05, 0) is 37.5 Å². The third-order valence-electron chi connectivity index (χ3n) is 6.83. The molecule has 11 nitrogen and oxygen atoms in total. The van der Waals surface area contributed by atoms with Crippen LogP contribution in [0.25, 0.3) is 10.9 Å². The van der Waals surface area contributed by atoms with Gasteiger partial charge < -0.3 is 29.4 Å². The lowest BCUT2D eigenvalue weighted by atomic mass is 10.1. The predicted molar refractivity (Wildman–Crippen MR) is 131 cm³/mol. The zero-order chi connectivity index (χ0) is 26.6. The molecule has 1 aromatic carbocycles. The molecule has 12 heteroatoms. The molecule has 1 aliphatic heterocycles. The molecule has 1 saturated heterocycles. The number of methoxy groups -OCH3 is 1. The van der Waals surface area contributed by atoms with Gasteiger partial charge in [-0.1, -0.05) is 0 Å². The number of amides is 1. The summed E-state index contributed by atoms with van der Waals surface area (Å²) in [7, 11) is 1.36. The summed E-state index contributed by atoms with van der Waals surface area (Å²) in [5.41, 5.74) is -1.10. The molecule has 0 unspecified atom stereocenters. The number of carboxylic acid groups (broad SMARTS) is 1. The highest BCUT2D eigenvalue weighted by atomic mass is 19.1. The van der Waals surface area contributed by atoms with Gasteiger partial charge in [0.1, 0.15) is 16.9 Å². The number of ether oxygens (including phenoxy) is 1. The van der Waals surface area contributed by atoms with E-state index in [1.54, 1.807) is 16.4 Å². The number of nitrogens with zero attached hydrogens (tertiary/aromatic N) is 4. The van der Waals surface area contributed by atoms with Crippen molar-refractivity contribution in [2.24, 2.45) is 0 Å². The Bertz CT molecular complexity index is 1570. The molecule has 1 saturated carbocycles. The van der Waals surface area contributed by atoms with Crippen LogP contribution >= 0.6 is 0 Å². The summed E-state index contributed by atoms with van der Waals surface area (Å²) in [6, 6.07) is 3.66. The normalized spacial score (nSPS) is 15.8. The molecular weight excluding hydrogens is 487 g/mol. The minimum atomic E-state index is -1.38. The molecule has 0 bridgehead atoms. The van der Waals surface area contributed by atoms with E-state index in [1.807, 2.05) is 0 Å². The fourth-order valence-electron chi connectivity index (χ4n) is 4.86. The number of anilines is 1. The van der Waals surface area contributed by atoms with Crippen LogP contribution in [-0.2, 0) is 0 Å². The van der Waals surface area contributed by atoms with Gasteiger partial charge in [-0.15, -0.1) is 4.73 Å². The van der Waals surface area contributed by atoms with E-state index in [0.717, 1.165) is 18.9 Å². The minimum absolute atomic E-state index is 0.0201. The van der Waals surface area contributed by atoms with E-state index >= 15 is 4.39 Å². The van der Waals surface area contributed by atoms with Crippen molar-refractivity contribution in [3.8, 4) is 5.75 Å². The SMILES string of the molecule is COc1c(N2CCN(C(=O)c3cc(C)cc(=O)n3O)CC2)c(F)cc2c(=O)c(C(=O)O)cn(C3CC3)c12. The number of aromatic nitrogens is 2. The number of carboxylic acids is 1. The summed E-state index contributed by atoms with van der Waals surface area (Å²) in [4.78, 5) is 52.6. The molecule has 1 amide bonds. The standard InChI is InChI=1S/C25H25FN4O7/c1-13-9-18(30(36)19(31)10-13)24(33)28-7-5-27(6-8-28)21-17(26)11-15-20(23(21)37-2)29(14-3-4-14)12-16(22(15)32)25(34)35/h9-12,14,36H,3-8H2,1-2H3,(H,34,35). The largest absolute Gasteiger partial charge is 0.492 e. The van der Waals surface area contributed by atoms with Gasteiger partial charge in [0.25, 0.3) is 11.5 Å². The number of aromatic carboxylic acids is 1. The van der Waals surface area contributed by atoms with Gasteiger partial charge in [0, 0.05) is 44.5 Å². The van der Waals surface area contributed by atoms with Gasteiger partial charge in [-0.25, -0.2) is 9.18 Å². The van der Waals surface area contributed by atoms with Crippen molar-refractivity contribution < 1.29 is 29.0 Å². The summed E-state index contributed by atoms with van der Waals surface area (Å²) < 4.78 is 23.1. The van der Waals surface area contributed by atoms with E-state index in [0.29, 0.717) is 15.8 Å². The maximum atomic E-state index is 15.5. The Balaban J connectivity index is 1.51. The maximum absolute atomic E-state index is 15.5. The number of benzene rings is 1. The molecule has 2 aliphatic rings. The fourth-order valence-corrected chi connectivity index (χ4v) is 4.86. The topological polar surface area (TPSA) is 134 Å². The van der Waals surface area contributed by atoms with Gasteiger partial charge in [0.2, 0.25) is 5.43 Å². The van der Waals surface area contributed by atoms with E-state index in [9.17, 15) is 29.5 Å². The Morgan fingerprint density at radius 1 is 1.08 bits per heavy atom. The summed E-state index contributed by atoms with van der Waals surface area (Å²) in [6.45, 7) is 2.43. The Hall–Kier alpha value is -4.35. The van der Waals surface area contributed by atoms with Crippen LogP contribution in [0.1, 0.15) is 45.3 Å². The van der Waals surface area contributed by atoms with Crippen LogP contribution in [0.3, 0.4) is 0 Å². The third kappa shape index (κ3) is 4.07. The van der Waals surface area contributed by atoms with Crippen LogP contribution in [0.2, 0.25) is 0 Å². The lowest BCUT2D eigenvalue weighted by Crippen LogP contribution is -2.50. The Labute approximate surface area is 209 Å².